The van der Waals surface area contributed by atoms with Gasteiger partial charge in [0.05, 0.1) is 0 Å². The monoisotopic (exact) mass is 510 g/mol. The van der Waals surface area contributed by atoms with Crippen LogP contribution in [0.2, 0.25) is 15.8 Å². The minimum absolute atomic E-state index is 0.813. The second kappa shape index (κ2) is 9.42. The number of benzene rings is 3. The van der Waals surface area contributed by atoms with Crippen molar-refractivity contribution in [3.63, 3.8) is 0 Å². The Labute approximate surface area is 206 Å². The van der Waals surface area contributed by atoms with Gasteiger partial charge in [0.2, 0.25) is 0 Å². The van der Waals surface area contributed by atoms with Crippen molar-refractivity contribution in [2.45, 2.75) is 49.3 Å². The summed E-state index contributed by atoms with van der Waals surface area (Å²) in [5.74, 6) is -0.857. The van der Waals surface area contributed by atoms with Crippen molar-refractivity contribution in [1.82, 2.24) is 4.98 Å². The maximum atomic E-state index is 9.07. The molecule has 0 radical (unpaired) electrons. The van der Waals surface area contributed by atoms with Crippen molar-refractivity contribution >= 4 is 39.6 Å². The first-order valence-corrected chi connectivity index (χ1v) is 17.9. The molecule has 0 aliphatic carbocycles. The van der Waals surface area contributed by atoms with Gasteiger partial charge < -0.3 is 0 Å². The molecule has 1 atom stereocenters. The molecule has 0 bridgehead atoms. The molecule has 0 saturated carbocycles. The van der Waals surface area contributed by atoms with E-state index in [4.69, 9.17) is 10.8 Å². The van der Waals surface area contributed by atoms with E-state index in [9.17, 15) is 0 Å². The van der Waals surface area contributed by atoms with Crippen LogP contribution in [0.1, 0.15) is 46.1 Å². The van der Waals surface area contributed by atoms with Crippen molar-refractivity contribution in [2.24, 2.45) is 0 Å². The Hall–Kier alpha value is -2.85. The number of hydrogen-bond donors (Lipinski definition) is 0. The molecule has 0 spiro atoms. The van der Waals surface area contributed by atoms with Crippen LogP contribution < -0.4 is 4.40 Å². The Bertz CT molecular complexity index is 1460. The number of hydrogen-bond acceptors (Lipinski definition) is 2. The predicted octanol–water partition coefficient (Wildman–Crippen LogP) is 8.52. The number of para-hydroxylation sites is 1. The second-order valence-electron chi connectivity index (χ2n) is 9.26. The first-order valence-electron chi connectivity index (χ1n) is 12.9. The Morgan fingerprint density at radius 2 is 1.59 bits per heavy atom. The van der Waals surface area contributed by atoms with Gasteiger partial charge >= 0.3 is 177 Å². The molecular weight excluding hydrogens is 475 g/mol. The van der Waals surface area contributed by atoms with Crippen LogP contribution in [0.3, 0.4) is 0 Å². The number of furan rings is 1. The average Bonchev–Trinajstić information content (AvgIpc) is 3.29. The molecule has 34 heavy (non-hydrogen) atoms. The Kier molecular flexibility index (Phi) is 6.01. The van der Waals surface area contributed by atoms with Crippen LogP contribution in [0.15, 0.2) is 89.5 Å². The Balaban J connectivity index is 1.59. The molecule has 2 nitrogen and oxygen atoms in total. The van der Waals surface area contributed by atoms with Gasteiger partial charge in [0.25, 0.3) is 0 Å². The van der Waals surface area contributed by atoms with Gasteiger partial charge in [-0.2, -0.15) is 0 Å². The fourth-order valence-electron chi connectivity index (χ4n) is 5.32. The molecule has 1 unspecified atom stereocenters. The van der Waals surface area contributed by atoms with Crippen molar-refractivity contribution in [3.05, 3.63) is 96.2 Å². The van der Waals surface area contributed by atoms with Gasteiger partial charge in [0, 0.05) is 0 Å². The first-order chi connectivity index (χ1) is 16.9. The quantitative estimate of drug-likeness (QED) is 0.206. The van der Waals surface area contributed by atoms with Crippen molar-refractivity contribution in [2.75, 3.05) is 0 Å². The third kappa shape index (κ3) is 3.88. The summed E-state index contributed by atoms with van der Waals surface area (Å²) in [7, 11) is 0. The number of fused-ring (bicyclic) bond motifs is 3. The summed E-state index contributed by atoms with van der Waals surface area (Å²) in [5.41, 5.74) is 5.53. The van der Waals surface area contributed by atoms with Gasteiger partial charge in [0.1, 0.15) is 0 Å². The van der Waals surface area contributed by atoms with E-state index in [0.717, 1.165) is 44.3 Å². The molecule has 0 aliphatic heterocycles. The summed E-state index contributed by atoms with van der Waals surface area (Å²) in [6.07, 6.45) is 2.14. The van der Waals surface area contributed by atoms with E-state index < -0.39 is 19.2 Å². The van der Waals surface area contributed by atoms with Crippen LogP contribution in [0, 0.1) is 0 Å². The topological polar surface area (TPSA) is 26.0 Å². The Morgan fingerprint density at radius 3 is 2.26 bits per heavy atom. The summed E-state index contributed by atoms with van der Waals surface area (Å²) in [6, 6.07) is 27.0. The predicted molar refractivity (Wildman–Crippen MR) is 148 cm³/mol. The molecule has 3 aromatic carbocycles. The van der Waals surface area contributed by atoms with Crippen LogP contribution in [-0.4, -0.2) is 18.3 Å². The molecule has 3 heteroatoms. The third-order valence-electron chi connectivity index (χ3n) is 7.82. The number of pyridine rings is 1. The Morgan fingerprint density at radius 1 is 0.824 bits per heavy atom. The minimum atomic E-state index is -2.03. The van der Waals surface area contributed by atoms with E-state index in [-0.39, 0.29) is 0 Å². The average molecular weight is 509 g/mol. The van der Waals surface area contributed by atoms with E-state index >= 15 is 0 Å². The molecule has 2 aromatic heterocycles. The molecule has 5 rings (SSSR count). The zero-order valence-electron chi connectivity index (χ0n) is 21.6. The fourth-order valence-corrected chi connectivity index (χ4v) is 12.7. The molecule has 0 fully saturated rings. The van der Waals surface area contributed by atoms with E-state index in [1.165, 1.54) is 20.2 Å². The van der Waals surface area contributed by atoms with Gasteiger partial charge in [0.15, 0.2) is 0 Å². The van der Waals surface area contributed by atoms with Crippen molar-refractivity contribution in [3.8, 4) is 11.3 Å². The molecule has 0 saturated heterocycles. The summed E-state index contributed by atoms with van der Waals surface area (Å²) < 4.78 is 17.0. The zero-order chi connectivity index (χ0) is 24.6. The SMILES string of the molecule is [2H]C(C)(c1ccccc1)c1ccc2c(c1)oc1c(-c3cc[c]([Ge]([CH2]C)([CH2]C)[CH2]C)cn3)cccc12. The second-order valence-corrected chi connectivity index (χ2v) is 20.3. The van der Waals surface area contributed by atoms with E-state index in [1.54, 1.807) is 0 Å². The summed E-state index contributed by atoms with van der Waals surface area (Å²) in [5, 5.41) is 6.06. The van der Waals surface area contributed by atoms with Crippen LogP contribution in [0.25, 0.3) is 33.2 Å². The van der Waals surface area contributed by atoms with Crippen LogP contribution >= 0.6 is 0 Å². The molecule has 2 heterocycles. The van der Waals surface area contributed by atoms with E-state index in [2.05, 4.69) is 69.4 Å². The zero-order valence-corrected chi connectivity index (χ0v) is 22.7. The van der Waals surface area contributed by atoms with Gasteiger partial charge in [-0.15, -0.1) is 0 Å². The van der Waals surface area contributed by atoms with Crippen LogP contribution in [-0.2, 0) is 0 Å². The molecule has 172 valence electrons. The van der Waals surface area contributed by atoms with E-state index in [1.807, 2.05) is 43.3 Å². The van der Waals surface area contributed by atoms with Gasteiger partial charge in [-0.3, -0.25) is 0 Å². The normalized spacial score (nSPS) is 14.3. The van der Waals surface area contributed by atoms with Gasteiger partial charge in [-0.05, 0) is 0 Å². The number of rotatable bonds is 7. The maximum absolute atomic E-state index is 9.07. The molecule has 0 N–H and O–H groups in total. The fraction of sp³-hybridized carbons (Fsp3) is 0.258. The summed E-state index contributed by atoms with van der Waals surface area (Å²) in [6.45, 7) is 8.99. The number of nitrogens with zero attached hydrogens (tertiary/aromatic N) is 1. The molecule has 5 aromatic rings. The standard InChI is InChI=1S/C31H33GeNO/c1-5-32(6-2,7-3)25-17-19-29(33-21-25)28-15-11-14-27-26-18-16-24(20-30(26)34-31(27)28)22(4)23-12-9-8-10-13-23/h8-22H,5-7H2,1-4H3/i22D. The van der Waals surface area contributed by atoms with Gasteiger partial charge in [-0.1, -0.05) is 30.3 Å². The van der Waals surface area contributed by atoms with E-state index in [0.29, 0.717) is 0 Å². The molecule has 0 amide bonds. The van der Waals surface area contributed by atoms with Gasteiger partial charge in [-0.25, -0.2) is 0 Å². The first kappa shape index (κ1) is 21.7. The summed E-state index contributed by atoms with van der Waals surface area (Å²) >= 11 is -2.03. The van der Waals surface area contributed by atoms with Crippen molar-refractivity contribution < 1.29 is 5.79 Å². The molecule has 0 aliphatic rings. The van der Waals surface area contributed by atoms with Crippen LogP contribution in [0.4, 0.5) is 0 Å². The summed E-state index contributed by atoms with van der Waals surface area (Å²) in [4.78, 5) is 4.93. The number of aromatic nitrogens is 1. The van der Waals surface area contributed by atoms with Crippen LogP contribution in [0.5, 0.6) is 0 Å². The third-order valence-corrected chi connectivity index (χ3v) is 19.5. The van der Waals surface area contributed by atoms with Crippen molar-refractivity contribution in [1.29, 1.82) is 0 Å². The molecular formula is C31H33GeNO.